The number of nitrogens with two attached hydrogens (primary N) is 1. The number of benzene rings is 1. The van der Waals surface area contributed by atoms with Crippen molar-refractivity contribution in [2.24, 2.45) is 5.73 Å². The molecule has 0 atom stereocenters. The second-order valence-electron chi connectivity index (χ2n) is 4.73. The molecule has 0 saturated heterocycles. The third-order valence-electron chi connectivity index (χ3n) is 3.48. The quantitative estimate of drug-likeness (QED) is 0.938. The summed E-state index contributed by atoms with van der Waals surface area (Å²) in [6.45, 7) is 7.02. The van der Waals surface area contributed by atoms with Gasteiger partial charge in [-0.25, -0.2) is 4.68 Å². The van der Waals surface area contributed by atoms with Gasteiger partial charge in [-0.1, -0.05) is 28.9 Å². The van der Waals surface area contributed by atoms with Gasteiger partial charge in [-0.15, -0.1) is 0 Å². The van der Waals surface area contributed by atoms with Crippen LogP contribution in [0.5, 0.6) is 0 Å². The van der Waals surface area contributed by atoms with Crippen LogP contribution in [0.1, 0.15) is 29.4 Å². The van der Waals surface area contributed by atoms with Crippen LogP contribution in [-0.4, -0.2) is 16.3 Å². The Balaban J connectivity index is 2.60. The van der Waals surface area contributed by atoms with Crippen LogP contribution in [0.4, 0.5) is 0 Å². The number of hydrogen-bond donors (Lipinski definition) is 1. The summed E-state index contributed by atoms with van der Waals surface area (Å²) in [5, 5.41) is 4.69. The molecule has 1 heterocycles. The van der Waals surface area contributed by atoms with Crippen molar-refractivity contribution in [3.05, 3.63) is 45.2 Å². The van der Waals surface area contributed by atoms with Crippen molar-refractivity contribution in [2.45, 2.75) is 33.6 Å². The Bertz CT molecular complexity index is 587. The van der Waals surface area contributed by atoms with Crippen LogP contribution >= 0.6 is 15.9 Å². The second-order valence-corrected chi connectivity index (χ2v) is 5.64. The smallest absolute Gasteiger partial charge is 0.0692 e. The fraction of sp³-hybridized carbons (Fsp3) is 0.400. The fourth-order valence-electron chi connectivity index (χ4n) is 2.52. The summed E-state index contributed by atoms with van der Waals surface area (Å²) in [5.41, 5.74) is 11.7. The molecule has 1 aromatic heterocycles. The molecule has 2 rings (SSSR count). The zero-order valence-corrected chi connectivity index (χ0v) is 13.3. The highest BCUT2D eigenvalue weighted by molar-refractivity contribution is 9.10. The highest BCUT2D eigenvalue weighted by Crippen LogP contribution is 2.24. The molecule has 0 unspecified atom stereocenters. The van der Waals surface area contributed by atoms with Crippen molar-refractivity contribution in [3.63, 3.8) is 0 Å². The van der Waals surface area contributed by atoms with E-state index in [0.29, 0.717) is 6.54 Å². The molecular formula is C15H20BrN3. The van der Waals surface area contributed by atoms with Gasteiger partial charge in [0, 0.05) is 10.2 Å². The van der Waals surface area contributed by atoms with E-state index < -0.39 is 0 Å². The number of rotatable bonds is 4. The zero-order chi connectivity index (χ0) is 14.0. The fourth-order valence-corrected chi connectivity index (χ4v) is 2.87. The summed E-state index contributed by atoms with van der Waals surface area (Å²) < 4.78 is 3.11. The van der Waals surface area contributed by atoms with Crippen LogP contribution in [0.25, 0.3) is 5.69 Å². The summed E-state index contributed by atoms with van der Waals surface area (Å²) >= 11 is 3.54. The average Bonchev–Trinajstić information content (AvgIpc) is 2.67. The first kappa shape index (κ1) is 14.3. The van der Waals surface area contributed by atoms with Crippen LogP contribution in [0.2, 0.25) is 0 Å². The van der Waals surface area contributed by atoms with E-state index in [1.54, 1.807) is 0 Å². The minimum Gasteiger partial charge on any atom is -0.330 e. The standard InChI is InChI=1S/C15H20BrN3/c1-4-14-10(2)18-19(11(14)3)15-9-13(16)6-5-12(15)7-8-17/h5-6,9H,4,7-8,17H2,1-3H3. The lowest BCUT2D eigenvalue weighted by Crippen LogP contribution is -2.09. The molecule has 4 heteroatoms. The number of hydrogen-bond acceptors (Lipinski definition) is 2. The first-order valence-electron chi connectivity index (χ1n) is 6.62. The zero-order valence-electron chi connectivity index (χ0n) is 11.7. The maximum absolute atomic E-state index is 5.70. The number of halogens is 1. The predicted octanol–water partition coefficient (Wildman–Crippen LogP) is 3.32. The van der Waals surface area contributed by atoms with E-state index in [4.69, 9.17) is 10.8 Å². The van der Waals surface area contributed by atoms with Gasteiger partial charge in [0.15, 0.2) is 0 Å². The van der Waals surface area contributed by atoms with E-state index in [0.717, 1.165) is 28.7 Å². The molecule has 102 valence electrons. The number of aromatic nitrogens is 2. The predicted molar refractivity (Wildman–Crippen MR) is 82.9 cm³/mol. The average molecular weight is 322 g/mol. The van der Waals surface area contributed by atoms with Gasteiger partial charge in [0.25, 0.3) is 0 Å². The summed E-state index contributed by atoms with van der Waals surface area (Å²) in [7, 11) is 0. The molecule has 0 aliphatic rings. The molecule has 0 bridgehead atoms. The molecule has 0 amide bonds. The molecule has 0 spiro atoms. The third-order valence-corrected chi connectivity index (χ3v) is 3.98. The molecule has 19 heavy (non-hydrogen) atoms. The van der Waals surface area contributed by atoms with Crippen LogP contribution in [0.15, 0.2) is 22.7 Å². The van der Waals surface area contributed by atoms with Crippen molar-refractivity contribution in [2.75, 3.05) is 6.54 Å². The van der Waals surface area contributed by atoms with Gasteiger partial charge in [-0.05, 0) is 56.5 Å². The topological polar surface area (TPSA) is 43.8 Å². The maximum Gasteiger partial charge on any atom is 0.0692 e. The highest BCUT2D eigenvalue weighted by Gasteiger charge is 2.13. The number of nitrogens with zero attached hydrogens (tertiary/aromatic N) is 2. The Morgan fingerprint density at radius 1 is 1.32 bits per heavy atom. The summed E-state index contributed by atoms with van der Waals surface area (Å²) in [6, 6.07) is 6.29. The molecule has 1 aromatic carbocycles. The van der Waals surface area contributed by atoms with Crippen molar-refractivity contribution < 1.29 is 0 Å². The molecule has 0 aliphatic heterocycles. The molecule has 0 saturated carbocycles. The molecule has 2 aromatic rings. The van der Waals surface area contributed by atoms with Crippen LogP contribution in [0.3, 0.4) is 0 Å². The lowest BCUT2D eigenvalue weighted by Gasteiger charge is -2.11. The van der Waals surface area contributed by atoms with E-state index in [9.17, 15) is 0 Å². The molecule has 0 radical (unpaired) electrons. The van der Waals surface area contributed by atoms with Crippen molar-refractivity contribution in [1.82, 2.24) is 9.78 Å². The Morgan fingerprint density at radius 2 is 2.05 bits per heavy atom. The molecule has 2 N–H and O–H groups in total. The van der Waals surface area contributed by atoms with Crippen molar-refractivity contribution >= 4 is 15.9 Å². The SMILES string of the molecule is CCc1c(C)nn(-c2cc(Br)ccc2CCN)c1C. The molecule has 0 fully saturated rings. The van der Waals surface area contributed by atoms with Gasteiger partial charge in [-0.2, -0.15) is 5.10 Å². The number of aryl methyl sites for hydroxylation is 1. The minimum absolute atomic E-state index is 0.647. The van der Waals surface area contributed by atoms with Gasteiger partial charge in [0.1, 0.15) is 0 Å². The first-order chi connectivity index (χ1) is 9.08. The lowest BCUT2D eigenvalue weighted by atomic mass is 10.1. The van der Waals surface area contributed by atoms with Gasteiger partial charge < -0.3 is 5.73 Å². The third kappa shape index (κ3) is 2.74. The van der Waals surface area contributed by atoms with Gasteiger partial charge in [0.05, 0.1) is 11.4 Å². The Labute approximate surface area is 122 Å². The Morgan fingerprint density at radius 3 is 2.63 bits per heavy atom. The molecular weight excluding hydrogens is 302 g/mol. The van der Waals surface area contributed by atoms with Crippen molar-refractivity contribution in [1.29, 1.82) is 0 Å². The van der Waals surface area contributed by atoms with Gasteiger partial charge in [-0.3, -0.25) is 0 Å². The first-order valence-corrected chi connectivity index (χ1v) is 7.41. The largest absolute Gasteiger partial charge is 0.330 e. The minimum atomic E-state index is 0.647. The van der Waals surface area contributed by atoms with E-state index in [1.807, 2.05) is 4.68 Å². The monoisotopic (exact) mass is 321 g/mol. The summed E-state index contributed by atoms with van der Waals surface area (Å²) in [5.74, 6) is 0. The lowest BCUT2D eigenvalue weighted by molar-refractivity contribution is 0.812. The van der Waals surface area contributed by atoms with Crippen LogP contribution in [-0.2, 0) is 12.8 Å². The highest BCUT2D eigenvalue weighted by atomic mass is 79.9. The van der Waals surface area contributed by atoms with Gasteiger partial charge in [0.2, 0.25) is 0 Å². The van der Waals surface area contributed by atoms with E-state index in [2.05, 4.69) is 54.9 Å². The molecule has 3 nitrogen and oxygen atoms in total. The van der Waals surface area contributed by atoms with Crippen LogP contribution in [0, 0.1) is 13.8 Å². The van der Waals surface area contributed by atoms with E-state index >= 15 is 0 Å². The maximum atomic E-state index is 5.70. The van der Waals surface area contributed by atoms with E-state index in [-0.39, 0.29) is 0 Å². The van der Waals surface area contributed by atoms with Gasteiger partial charge >= 0.3 is 0 Å². The summed E-state index contributed by atoms with van der Waals surface area (Å²) in [6.07, 6.45) is 1.88. The summed E-state index contributed by atoms with van der Waals surface area (Å²) in [4.78, 5) is 0. The van der Waals surface area contributed by atoms with Crippen LogP contribution < -0.4 is 5.73 Å². The van der Waals surface area contributed by atoms with Crippen molar-refractivity contribution in [3.8, 4) is 5.69 Å². The Kier molecular flexibility index (Phi) is 4.42. The second kappa shape index (κ2) is 5.88. The molecule has 0 aliphatic carbocycles. The van der Waals surface area contributed by atoms with E-state index in [1.165, 1.54) is 16.8 Å². The normalized spacial score (nSPS) is 11.0. The Hall–Kier alpha value is -1.13.